The van der Waals surface area contributed by atoms with Gasteiger partial charge in [0.25, 0.3) is 0 Å². The number of rotatable bonds is 4. The first-order chi connectivity index (χ1) is 13.2. The van der Waals surface area contributed by atoms with Crippen LogP contribution in [0.25, 0.3) is 11.1 Å². The number of nitrogen functional groups attached to an aromatic ring is 1. The third kappa shape index (κ3) is 3.72. The van der Waals surface area contributed by atoms with E-state index in [1.807, 2.05) is 6.07 Å². The van der Waals surface area contributed by atoms with Gasteiger partial charge in [-0.1, -0.05) is 42.5 Å². The van der Waals surface area contributed by atoms with Crippen LogP contribution in [0.4, 0.5) is 21.9 Å². The fourth-order valence-electron chi connectivity index (χ4n) is 2.92. The minimum absolute atomic E-state index is 0.00556. The highest BCUT2D eigenvalue weighted by atomic mass is 79.9. The average Bonchev–Trinajstić information content (AvgIpc) is 2.63. The van der Waals surface area contributed by atoms with Crippen molar-refractivity contribution >= 4 is 49.0 Å². The Bertz CT molecular complexity index is 1170. The molecule has 2 amide bonds. The van der Waals surface area contributed by atoms with Crippen LogP contribution >= 0.6 is 15.9 Å². The number of primary amides is 1. The highest BCUT2D eigenvalue weighted by Crippen LogP contribution is 2.40. The maximum atomic E-state index is 12.3. The number of sulfonamides is 1. The Morgan fingerprint density at radius 3 is 2.04 bits per heavy atom. The number of amides is 2. The fourth-order valence-corrected chi connectivity index (χ4v) is 4.07. The van der Waals surface area contributed by atoms with E-state index in [0.29, 0.717) is 27.0 Å². The van der Waals surface area contributed by atoms with Crippen molar-refractivity contribution in [1.29, 1.82) is 0 Å². The Balaban J connectivity index is 2.28. The highest BCUT2D eigenvalue weighted by molar-refractivity contribution is 9.10. The Morgan fingerprint density at radius 2 is 1.43 bits per heavy atom. The minimum Gasteiger partial charge on any atom is -0.397 e. The molecule has 0 aliphatic rings. The molecule has 0 spiro atoms. The smallest absolute Gasteiger partial charge is 0.323 e. The molecule has 0 aromatic heterocycles. The number of nitrogens with zero attached hydrogens (tertiary/aromatic N) is 1. The summed E-state index contributed by atoms with van der Waals surface area (Å²) in [7, 11) is -4.01. The average molecular weight is 461 g/mol. The maximum absolute atomic E-state index is 12.3. The van der Waals surface area contributed by atoms with Crippen LogP contribution in [0.1, 0.15) is 0 Å². The summed E-state index contributed by atoms with van der Waals surface area (Å²) >= 11 is 3.43. The lowest BCUT2D eigenvalue weighted by Crippen LogP contribution is -2.32. The van der Waals surface area contributed by atoms with Gasteiger partial charge in [-0.3, -0.25) is 4.90 Å². The van der Waals surface area contributed by atoms with Crippen molar-refractivity contribution in [2.75, 3.05) is 10.6 Å². The molecule has 6 N–H and O–H groups in total. The topological polar surface area (TPSA) is 133 Å². The SMILES string of the molecule is NC(=O)N(c1ccccc1Br)c1ccccc1-c1cccc(S(N)(=O)=O)c1N. The second-order valence-corrected chi connectivity index (χ2v) is 8.29. The van der Waals surface area contributed by atoms with Crippen molar-refractivity contribution in [3.05, 3.63) is 71.2 Å². The molecule has 28 heavy (non-hydrogen) atoms. The lowest BCUT2D eigenvalue weighted by Gasteiger charge is -2.25. The van der Waals surface area contributed by atoms with Gasteiger partial charge in [0.1, 0.15) is 4.90 Å². The van der Waals surface area contributed by atoms with Crippen molar-refractivity contribution in [2.45, 2.75) is 4.90 Å². The zero-order chi connectivity index (χ0) is 20.5. The quantitative estimate of drug-likeness (QED) is 0.513. The van der Waals surface area contributed by atoms with E-state index in [9.17, 15) is 13.2 Å². The van der Waals surface area contributed by atoms with Crippen molar-refractivity contribution in [1.82, 2.24) is 0 Å². The molecule has 0 heterocycles. The van der Waals surface area contributed by atoms with Crippen LogP contribution < -0.4 is 21.5 Å². The molecule has 3 rings (SSSR count). The molecular weight excluding hydrogens is 444 g/mol. The number of anilines is 3. The second-order valence-electron chi connectivity index (χ2n) is 5.90. The van der Waals surface area contributed by atoms with Crippen molar-refractivity contribution in [3.63, 3.8) is 0 Å². The van der Waals surface area contributed by atoms with E-state index in [1.54, 1.807) is 48.5 Å². The van der Waals surface area contributed by atoms with Crippen LogP contribution in [0.3, 0.4) is 0 Å². The number of para-hydroxylation sites is 3. The molecule has 0 bridgehead atoms. The van der Waals surface area contributed by atoms with Crippen molar-refractivity contribution < 1.29 is 13.2 Å². The van der Waals surface area contributed by atoms with Crippen LogP contribution in [0.2, 0.25) is 0 Å². The molecule has 3 aromatic rings. The molecule has 0 aliphatic carbocycles. The summed E-state index contributed by atoms with van der Waals surface area (Å²) in [6.45, 7) is 0. The fraction of sp³-hybridized carbons (Fsp3) is 0. The molecule has 144 valence electrons. The Morgan fingerprint density at radius 1 is 0.857 bits per heavy atom. The van der Waals surface area contributed by atoms with E-state index < -0.39 is 16.1 Å². The van der Waals surface area contributed by atoms with Gasteiger partial charge in [0, 0.05) is 15.6 Å². The maximum Gasteiger partial charge on any atom is 0.323 e. The molecule has 3 aromatic carbocycles. The first-order valence-electron chi connectivity index (χ1n) is 8.06. The summed E-state index contributed by atoms with van der Waals surface area (Å²) < 4.78 is 24.3. The van der Waals surface area contributed by atoms with Gasteiger partial charge in [-0.05, 0) is 40.2 Å². The van der Waals surface area contributed by atoms with Gasteiger partial charge in [0.15, 0.2) is 0 Å². The first kappa shape index (κ1) is 19.9. The summed E-state index contributed by atoms with van der Waals surface area (Å²) in [6, 6.07) is 17.8. The zero-order valence-corrected chi connectivity index (χ0v) is 16.9. The molecule has 0 atom stereocenters. The number of carbonyl (C=O) groups is 1. The van der Waals surface area contributed by atoms with Crippen molar-refractivity contribution in [3.8, 4) is 11.1 Å². The number of hydrogen-bond donors (Lipinski definition) is 3. The summed E-state index contributed by atoms with van der Waals surface area (Å²) in [5.41, 5.74) is 13.7. The number of carbonyl (C=O) groups excluding carboxylic acids is 1. The lowest BCUT2D eigenvalue weighted by molar-refractivity contribution is 0.256. The van der Waals surface area contributed by atoms with Crippen LogP contribution in [-0.2, 0) is 10.0 Å². The molecule has 0 saturated heterocycles. The minimum atomic E-state index is -4.01. The van der Waals surface area contributed by atoms with Crippen LogP contribution in [0, 0.1) is 0 Å². The number of halogens is 1. The normalized spacial score (nSPS) is 11.2. The van der Waals surface area contributed by atoms with Gasteiger partial charge < -0.3 is 11.5 Å². The molecule has 0 aliphatic heterocycles. The highest BCUT2D eigenvalue weighted by Gasteiger charge is 2.23. The Hall–Kier alpha value is -2.88. The number of nitrogens with two attached hydrogens (primary N) is 3. The summed E-state index contributed by atoms with van der Waals surface area (Å²) in [6.07, 6.45) is 0. The van der Waals surface area contributed by atoms with E-state index in [1.165, 1.54) is 17.0 Å². The van der Waals surface area contributed by atoms with Gasteiger partial charge >= 0.3 is 6.03 Å². The van der Waals surface area contributed by atoms with E-state index >= 15 is 0 Å². The summed E-state index contributed by atoms with van der Waals surface area (Å²) in [5, 5.41) is 5.26. The third-order valence-corrected chi connectivity index (χ3v) is 5.76. The molecule has 0 radical (unpaired) electrons. The number of benzene rings is 3. The second kappa shape index (κ2) is 7.63. The van der Waals surface area contributed by atoms with Crippen LogP contribution in [0.15, 0.2) is 76.1 Å². The number of hydrogen-bond acceptors (Lipinski definition) is 4. The lowest BCUT2D eigenvalue weighted by atomic mass is 10.0. The largest absolute Gasteiger partial charge is 0.397 e. The predicted molar refractivity (Wildman–Crippen MR) is 114 cm³/mol. The Kier molecular flexibility index (Phi) is 5.41. The number of primary sulfonamides is 1. The molecule has 0 unspecified atom stereocenters. The van der Waals surface area contributed by atoms with Gasteiger partial charge in [0.05, 0.1) is 17.1 Å². The summed E-state index contributed by atoms with van der Waals surface area (Å²) in [4.78, 5) is 13.5. The van der Waals surface area contributed by atoms with Crippen LogP contribution in [0.5, 0.6) is 0 Å². The standard InChI is InChI=1S/C19H17BrN4O3S/c20-14-8-2-4-10-16(14)24(19(22)25)15-9-3-1-6-12(15)13-7-5-11-17(18(13)21)28(23,26)27/h1-11H,21H2,(H2,22,25)(H2,23,26,27). The first-order valence-corrected chi connectivity index (χ1v) is 10.4. The number of urea groups is 1. The van der Waals surface area contributed by atoms with Gasteiger partial charge in [-0.2, -0.15) is 0 Å². The molecule has 7 nitrogen and oxygen atoms in total. The molecule has 9 heteroatoms. The predicted octanol–water partition coefficient (Wildman–Crippen LogP) is 3.56. The van der Waals surface area contributed by atoms with Crippen LogP contribution in [-0.4, -0.2) is 14.4 Å². The zero-order valence-electron chi connectivity index (χ0n) is 14.5. The molecule has 0 saturated carbocycles. The molecular formula is C19H17BrN4O3S. The van der Waals surface area contributed by atoms with Gasteiger partial charge in [-0.25, -0.2) is 18.4 Å². The third-order valence-electron chi connectivity index (χ3n) is 4.12. The van der Waals surface area contributed by atoms with Crippen molar-refractivity contribution in [2.24, 2.45) is 10.9 Å². The van der Waals surface area contributed by atoms with E-state index in [-0.39, 0.29) is 10.6 Å². The monoisotopic (exact) mass is 460 g/mol. The van der Waals surface area contributed by atoms with Gasteiger partial charge in [-0.15, -0.1) is 0 Å². The van der Waals surface area contributed by atoms with Gasteiger partial charge in [0.2, 0.25) is 10.0 Å². The Labute approximate surface area is 170 Å². The van der Waals surface area contributed by atoms with E-state index in [0.717, 1.165) is 0 Å². The van der Waals surface area contributed by atoms with E-state index in [4.69, 9.17) is 16.6 Å². The summed E-state index contributed by atoms with van der Waals surface area (Å²) in [5.74, 6) is 0. The van der Waals surface area contributed by atoms with E-state index in [2.05, 4.69) is 15.9 Å². The molecule has 0 fully saturated rings.